The van der Waals surface area contributed by atoms with Crippen molar-refractivity contribution in [3.63, 3.8) is 0 Å². The maximum atomic E-state index is 12.6. The van der Waals surface area contributed by atoms with Crippen LogP contribution in [0.25, 0.3) is 0 Å². The van der Waals surface area contributed by atoms with Crippen LogP contribution in [-0.2, 0) is 9.53 Å². The second-order valence-electron chi connectivity index (χ2n) is 9.41. The summed E-state index contributed by atoms with van der Waals surface area (Å²) in [7, 11) is 0. The molecule has 0 aromatic heterocycles. The van der Waals surface area contributed by atoms with Crippen molar-refractivity contribution in [1.29, 1.82) is 0 Å². The summed E-state index contributed by atoms with van der Waals surface area (Å²) in [5, 5.41) is 0. The van der Waals surface area contributed by atoms with Crippen molar-refractivity contribution >= 4 is 5.97 Å². The van der Waals surface area contributed by atoms with Crippen molar-refractivity contribution in [2.75, 3.05) is 19.6 Å². The predicted molar refractivity (Wildman–Crippen MR) is 95.5 cm³/mol. The lowest BCUT2D eigenvalue weighted by Crippen LogP contribution is -2.46. The molecule has 6 atom stereocenters. The normalized spacial score (nSPS) is 46.3. The Morgan fingerprint density at radius 1 is 1.38 bits per heavy atom. The summed E-state index contributed by atoms with van der Waals surface area (Å²) in [6.07, 6.45) is 8.65. The Morgan fingerprint density at radius 3 is 3.00 bits per heavy atom. The van der Waals surface area contributed by atoms with Crippen molar-refractivity contribution in [3.05, 3.63) is 12.2 Å². The third-order valence-corrected chi connectivity index (χ3v) is 7.52. The number of carbonyl (C=O) groups is 1. The average Bonchev–Trinajstić information content (AvgIpc) is 2.80. The van der Waals surface area contributed by atoms with Crippen LogP contribution in [0.4, 0.5) is 0 Å². The van der Waals surface area contributed by atoms with Gasteiger partial charge in [-0.15, -0.1) is 0 Å². The Labute approximate surface area is 146 Å². The second-order valence-corrected chi connectivity index (χ2v) is 9.41. The first kappa shape index (κ1) is 16.6. The number of rotatable bonds is 2. The highest BCUT2D eigenvalue weighted by Crippen LogP contribution is 2.56. The van der Waals surface area contributed by atoms with Gasteiger partial charge in [-0.1, -0.05) is 26.0 Å². The zero-order chi connectivity index (χ0) is 16.9. The van der Waals surface area contributed by atoms with Crippen LogP contribution in [0.3, 0.4) is 0 Å². The number of hydrogen-bond acceptors (Lipinski definition) is 3. The van der Waals surface area contributed by atoms with Crippen molar-refractivity contribution in [1.82, 2.24) is 4.90 Å². The van der Waals surface area contributed by atoms with Gasteiger partial charge in [0.15, 0.2) is 0 Å². The molecule has 134 valence electrons. The largest absolute Gasteiger partial charge is 0.462 e. The maximum absolute atomic E-state index is 12.6. The van der Waals surface area contributed by atoms with E-state index in [0.29, 0.717) is 17.3 Å². The van der Waals surface area contributed by atoms with Gasteiger partial charge in [0.05, 0.1) is 5.92 Å². The highest BCUT2D eigenvalue weighted by atomic mass is 16.6. The van der Waals surface area contributed by atoms with E-state index in [2.05, 4.69) is 25.3 Å². The number of piperidine rings is 1. The summed E-state index contributed by atoms with van der Waals surface area (Å²) in [5.74, 6) is 1.96. The number of allylic oxidation sites excluding steroid dienone is 1. The fraction of sp³-hybridized carbons (Fsp3) is 0.857. The number of fused-ring (bicyclic) bond motifs is 2. The predicted octanol–water partition coefficient (Wildman–Crippen LogP) is 4.03. The summed E-state index contributed by atoms with van der Waals surface area (Å²) in [5.41, 5.74) is 1.75. The van der Waals surface area contributed by atoms with Crippen molar-refractivity contribution in [2.45, 2.75) is 64.9 Å². The number of esters is 1. The molecule has 0 amide bonds. The average molecular weight is 332 g/mol. The highest BCUT2D eigenvalue weighted by Gasteiger charge is 2.55. The van der Waals surface area contributed by atoms with Crippen molar-refractivity contribution in [2.24, 2.45) is 29.1 Å². The van der Waals surface area contributed by atoms with E-state index in [4.69, 9.17) is 4.74 Å². The molecule has 0 unspecified atom stereocenters. The van der Waals surface area contributed by atoms with Crippen molar-refractivity contribution in [3.8, 4) is 0 Å². The molecular formula is C21H33NO2. The monoisotopic (exact) mass is 331 g/mol. The fourth-order valence-corrected chi connectivity index (χ4v) is 6.20. The minimum atomic E-state index is 0.0797. The Morgan fingerprint density at radius 2 is 2.21 bits per heavy atom. The molecule has 0 aromatic rings. The first-order valence-corrected chi connectivity index (χ1v) is 10.1. The molecule has 3 heteroatoms. The van der Waals surface area contributed by atoms with Gasteiger partial charge in [-0.3, -0.25) is 4.79 Å². The third-order valence-electron chi connectivity index (χ3n) is 7.52. The smallest absolute Gasteiger partial charge is 0.310 e. The van der Waals surface area contributed by atoms with Gasteiger partial charge in [-0.2, -0.15) is 0 Å². The van der Waals surface area contributed by atoms with Crippen LogP contribution >= 0.6 is 0 Å². The van der Waals surface area contributed by atoms with Crippen LogP contribution in [0, 0.1) is 29.1 Å². The van der Waals surface area contributed by atoms with Crippen molar-refractivity contribution < 1.29 is 9.53 Å². The zero-order valence-corrected chi connectivity index (χ0v) is 15.4. The van der Waals surface area contributed by atoms with Crippen LogP contribution < -0.4 is 0 Å². The minimum Gasteiger partial charge on any atom is -0.462 e. The van der Waals surface area contributed by atoms with E-state index in [0.717, 1.165) is 38.4 Å². The van der Waals surface area contributed by atoms with E-state index in [9.17, 15) is 4.79 Å². The Bertz CT molecular complexity index is 530. The summed E-state index contributed by atoms with van der Waals surface area (Å²) in [6, 6.07) is 0. The van der Waals surface area contributed by atoms with Gasteiger partial charge >= 0.3 is 5.97 Å². The Balaban J connectivity index is 1.49. The van der Waals surface area contributed by atoms with E-state index < -0.39 is 0 Å². The lowest BCUT2D eigenvalue weighted by atomic mass is 9.55. The van der Waals surface area contributed by atoms with E-state index in [1.54, 1.807) is 0 Å². The standard InChI is InChI=1S/C21H33NO2/c1-14-6-5-9-22(12-14)13-17-16-10-18-15(2)7-4-8-21(18,3)11-19(16)24-20(17)23/h14,16-19H,2,4-13H2,1,3H3/t14-,16+,17-,18-,19+,21+/m0/s1. The molecule has 2 saturated heterocycles. The molecule has 0 N–H and O–H groups in total. The molecule has 2 aliphatic carbocycles. The molecule has 4 aliphatic rings. The molecule has 2 saturated carbocycles. The number of carbonyl (C=O) groups excluding carboxylic acids is 1. The quantitative estimate of drug-likeness (QED) is 0.565. The minimum absolute atomic E-state index is 0.0797. The lowest BCUT2D eigenvalue weighted by molar-refractivity contribution is -0.146. The molecule has 0 bridgehead atoms. The first-order chi connectivity index (χ1) is 11.5. The van der Waals surface area contributed by atoms with Crippen LogP contribution in [-0.4, -0.2) is 36.6 Å². The molecule has 4 fully saturated rings. The van der Waals surface area contributed by atoms with E-state index >= 15 is 0 Å². The molecule has 0 spiro atoms. The summed E-state index contributed by atoms with van der Waals surface area (Å²) < 4.78 is 5.90. The summed E-state index contributed by atoms with van der Waals surface area (Å²) >= 11 is 0. The van der Waals surface area contributed by atoms with Gasteiger partial charge in [0, 0.05) is 19.0 Å². The zero-order valence-electron chi connectivity index (χ0n) is 15.4. The van der Waals surface area contributed by atoms with Crippen LogP contribution in [0.1, 0.15) is 58.8 Å². The molecule has 3 nitrogen and oxygen atoms in total. The maximum Gasteiger partial charge on any atom is 0.310 e. The van der Waals surface area contributed by atoms with Gasteiger partial charge < -0.3 is 9.64 Å². The molecule has 0 radical (unpaired) electrons. The molecule has 2 heterocycles. The fourth-order valence-electron chi connectivity index (χ4n) is 6.20. The summed E-state index contributed by atoms with van der Waals surface area (Å²) in [6.45, 7) is 12.4. The van der Waals surface area contributed by atoms with Gasteiger partial charge in [-0.05, 0) is 68.7 Å². The topological polar surface area (TPSA) is 29.5 Å². The van der Waals surface area contributed by atoms with Gasteiger partial charge in [-0.25, -0.2) is 0 Å². The summed E-state index contributed by atoms with van der Waals surface area (Å²) in [4.78, 5) is 15.1. The van der Waals surface area contributed by atoms with Crippen LogP contribution in [0.5, 0.6) is 0 Å². The van der Waals surface area contributed by atoms with E-state index in [1.165, 1.54) is 37.7 Å². The Hall–Kier alpha value is -0.830. The van der Waals surface area contributed by atoms with Crippen LogP contribution in [0.2, 0.25) is 0 Å². The molecular weight excluding hydrogens is 298 g/mol. The highest BCUT2D eigenvalue weighted by molar-refractivity contribution is 5.75. The number of likely N-dealkylation sites (tertiary alicyclic amines) is 1. The third kappa shape index (κ3) is 2.83. The molecule has 4 rings (SSSR count). The number of hydrogen-bond donors (Lipinski definition) is 0. The van der Waals surface area contributed by atoms with Crippen LogP contribution in [0.15, 0.2) is 12.2 Å². The first-order valence-electron chi connectivity index (χ1n) is 10.1. The van der Waals surface area contributed by atoms with E-state index in [-0.39, 0.29) is 18.0 Å². The number of ether oxygens (including phenoxy) is 1. The molecule has 24 heavy (non-hydrogen) atoms. The van der Waals surface area contributed by atoms with Gasteiger partial charge in [0.1, 0.15) is 6.10 Å². The second kappa shape index (κ2) is 6.16. The number of nitrogens with zero attached hydrogens (tertiary/aromatic N) is 1. The van der Waals surface area contributed by atoms with E-state index in [1.807, 2.05) is 0 Å². The SMILES string of the molecule is C=C1CCC[C@]2(C)C[C@H]3OC(=O)[C@@H](CN4CCC[C@H](C)C4)[C@H]3C[C@@H]12. The molecule has 0 aromatic carbocycles. The Kier molecular flexibility index (Phi) is 4.27. The van der Waals surface area contributed by atoms with Gasteiger partial charge in [0.25, 0.3) is 0 Å². The lowest BCUT2D eigenvalue weighted by Gasteiger charge is -2.50. The molecule has 2 aliphatic heterocycles. The van der Waals surface area contributed by atoms with Gasteiger partial charge in [0.2, 0.25) is 0 Å².